The Morgan fingerprint density at radius 2 is 1.35 bits per heavy atom. The second kappa shape index (κ2) is 9.51. The van der Waals surface area contributed by atoms with E-state index in [1.165, 1.54) is 0 Å². The van der Waals surface area contributed by atoms with E-state index < -0.39 is 22.0 Å². The molecule has 2 heterocycles. The summed E-state index contributed by atoms with van der Waals surface area (Å²) in [5, 5.41) is 10.7. The highest BCUT2D eigenvalue weighted by molar-refractivity contribution is 7.91. The van der Waals surface area contributed by atoms with E-state index in [-0.39, 0.29) is 23.3 Å². The number of carbonyl (C=O) groups excluding carboxylic acids is 1. The van der Waals surface area contributed by atoms with E-state index in [0.717, 1.165) is 24.0 Å². The van der Waals surface area contributed by atoms with Crippen molar-refractivity contribution < 1.29 is 18.3 Å². The Bertz CT molecular complexity index is 959. The number of piperidine rings is 1. The summed E-state index contributed by atoms with van der Waals surface area (Å²) in [5.74, 6) is 0.337. The van der Waals surface area contributed by atoms with Crippen LogP contribution in [0.15, 0.2) is 60.7 Å². The first-order valence-electron chi connectivity index (χ1n) is 11.0. The number of rotatable bonds is 5. The Morgan fingerprint density at radius 3 is 1.90 bits per heavy atom. The molecule has 2 aliphatic rings. The highest BCUT2D eigenvalue weighted by Gasteiger charge is 2.37. The minimum Gasteiger partial charge on any atom is -0.388 e. The molecule has 0 spiro atoms. The highest BCUT2D eigenvalue weighted by Crippen LogP contribution is 2.33. The second-order valence-corrected chi connectivity index (χ2v) is 10.8. The first-order chi connectivity index (χ1) is 14.9. The van der Waals surface area contributed by atoms with Gasteiger partial charge in [-0.25, -0.2) is 8.42 Å². The molecule has 2 unspecified atom stereocenters. The number of sulfone groups is 1. The van der Waals surface area contributed by atoms with Gasteiger partial charge in [0.2, 0.25) is 5.91 Å². The Balaban J connectivity index is 1.45. The van der Waals surface area contributed by atoms with E-state index in [1.807, 2.05) is 70.5 Å². The Hall–Kier alpha value is -2.22. The van der Waals surface area contributed by atoms with Gasteiger partial charge in [0, 0.05) is 26.2 Å². The molecule has 166 valence electrons. The van der Waals surface area contributed by atoms with Gasteiger partial charge in [0.25, 0.3) is 0 Å². The normalized spacial score (nSPS) is 22.0. The highest BCUT2D eigenvalue weighted by atomic mass is 32.2. The molecule has 2 atom stereocenters. The number of aliphatic hydroxyl groups excluding tert-OH is 1. The summed E-state index contributed by atoms with van der Waals surface area (Å²) in [6, 6.07) is 18.9. The van der Waals surface area contributed by atoms with Gasteiger partial charge >= 0.3 is 0 Å². The summed E-state index contributed by atoms with van der Waals surface area (Å²) in [4.78, 5) is 17.5. The van der Waals surface area contributed by atoms with Gasteiger partial charge in [0.15, 0.2) is 9.84 Å². The van der Waals surface area contributed by atoms with Crippen molar-refractivity contribution in [2.24, 2.45) is 5.92 Å². The average molecular weight is 443 g/mol. The molecule has 2 aromatic carbocycles. The van der Waals surface area contributed by atoms with Crippen molar-refractivity contribution in [1.29, 1.82) is 0 Å². The standard InChI is InChI=1S/C24H30N2O4S/c27-23(20-9-5-2-6-10-20)21-11-13-26(14-12-21)24(28)22(19-7-3-1-4-8-19)25-15-17-31(29,30)18-16-25/h1-10,21-23,27H,11-18H2. The summed E-state index contributed by atoms with van der Waals surface area (Å²) in [6.45, 7) is 1.94. The van der Waals surface area contributed by atoms with Crippen LogP contribution in [0.25, 0.3) is 0 Å². The smallest absolute Gasteiger partial charge is 0.244 e. The molecule has 2 aromatic rings. The lowest BCUT2D eigenvalue weighted by molar-refractivity contribution is -0.139. The summed E-state index contributed by atoms with van der Waals surface area (Å²) in [7, 11) is -3.02. The molecule has 0 aromatic heterocycles. The van der Waals surface area contributed by atoms with Crippen molar-refractivity contribution in [3.63, 3.8) is 0 Å². The number of likely N-dealkylation sites (tertiary alicyclic amines) is 1. The van der Waals surface area contributed by atoms with Crippen LogP contribution in [0.2, 0.25) is 0 Å². The molecule has 2 aliphatic heterocycles. The molecule has 31 heavy (non-hydrogen) atoms. The maximum absolute atomic E-state index is 13.6. The third-order valence-electron chi connectivity index (χ3n) is 6.53. The molecule has 2 saturated heterocycles. The largest absolute Gasteiger partial charge is 0.388 e. The van der Waals surface area contributed by atoms with E-state index in [2.05, 4.69) is 0 Å². The van der Waals surface area contributed by atoms with Crippen LogP contribution in [0.3, 0.4) is 0 Å². The number of aliphatic hydroxyl groups is 1. The van der Waals surface area contributed by atoms with Crippen LogP contribution in [0, 0.1) is 5.92 Å². The average Bonchev–Trinajstić information content (AvgIpc) is 2.81. The molecule has 4 rings (SSSR count). The van der Waals surface area contributed by atoms with Crippen molar-refractivity contribution in [1.82, 2.24) is 9.80 Å². The summed E-state index contributed by atoms with van der Waals surface area (Å²) < 4.78 is 23.8. The minimum absolute atomic E-state index is 0.0261. The summed E-state index contributed by atoms with van der Waals surface area (Å²) in [5.41, 5.74) is 1.82. The van der Waals surface area contributed by atoms with Crippen molar-refractivity contribution >= 4 is 15.7 Å². The fourth-order valence-corrected chi connectivity index (χ4v) is 5.89. The number of hydrogen-bond acceptors (Lipinski definition) is 5. The number of nitrogens with zero attached hydrogens (tertiary/aromatic N) is 2. The zero-order valence-corrected chi connectivity index (χ0v) is 18.5. The van der Waals surface area contributed by atoms with Gasteiger partial charge in [0.1, 0.15) is 6.04 Å². The Kier molecular flexibility index (Phi) is 6.74. The number of amides is 1. The van der Waals surface area contributed by atoms with Crippen molar-refractivity contribution in [3.8, 4) is 0 Å². The molecule has 0 bridgehead atoms. The molecule has 0 radical (unpaired) electrons. The molecule has 7 heteroatoms. The van der Waals surface area contributed by atoms with Crippen LogP contribution in [0.1, 0.15) is 36.1 Å². The van der Waals surface area contributed by atoms with E-state index in [9.17, 15) is 18.3 Å². The Morgan fingerprint density at radius 1 is 0.839 bits per heavy atom. The van der Waals surface area contributed by atoms with Gasteiger partial charge in [0.05, 0.1) is 17.6 Å². The van der Waals surface area contributed by atoms with Gasteiger partial charge in [-0.2, -0.15) is 0 Å². The summed E-state index contributed by atoms with van der Waals surface area (Å²) in [6.07, 6.45) is 0.978. The molecular formula is C24H30N2O4S. The first-order valence-corrected chi connectivity index (χ1v) is 12.8. The minimum atomic E-state index is -3.02. The summed E-state index contributed by atoms with van der Waals surface area (Å²) >= 11 is 0. The molecule has 0 aliphatic carbocycles. The van der Waals surface area contributed by atoms with Crippen LogP contribution >= 0.6 is 0 Å². The van der Waals surface area contributed by atoms with Crippen LogP contribution in [-0.2, 0) is 14.6 Å². The topological polar surface area (TPSA) is 77.9 Å². The van der Waals surface area contributed by atoms with E-state index >= 15 is 0 Å². The van der Waals surface area contributed by atoms with Gasteiger partial charge in [-0.05, 0) is 29.9 Å². The molecule has 2 fully saturated rings. The van der Waals surface area contributed by atoms with Crippen LogP contribution in [-0.4, -0.2) is 66.9 Å². The lowest BCUT2D eigenvalue weighted by Gasteiger charge is -2.40. The van der Waals surface area contributed by atoms with Crippen LogP contribution in [0.4, 0.5) is 0 Å². The van der Waals surface area contributed by atoms with Gasteiger partial charge in [-0.3, -0.25) is 9.69 Å². The van der Waals surface area contributed by atoms with E-state index in [0.29, 0.717) is 26.2 Å². The van der Waals surface area contributed by atoms with Crippen molar-refractivity contribution in [2.75, 3.05) is 37.7 Å². The zero-order chi connectivity index (χ0) is 21.8. The van der Waals surface area contributed by atoms with Crippen LogP contribution in [0.5, 0.6) is 0 Å². The van der Waals surface area contributed by atoms with Gasteiger partial charge in [-0.1, -0.05) is 60.7 Å². The quantitative estimate of drug-likeness (QED) is 0.770. The number of hydrogen-bond donors (Lipinski definition) is 1. The van der Waals surface area contributed by atoms with E-state index in [1.54, 1.807) is 0 Å². The molecule has 1 amide bonds. The fourth-order valence-electron chi connectivity index (χ4n) is 4.66. The third-order valence-corrected chi connectivity index (χ3v) is 8.14. The molecule has 0 saturated carbocycles. The predicted molar refractivity (Wildman–Crippen MR) is 120 cm³/mol. The predicted octanol–water partition coefficient (Wildman–Crippen LogP) is 2.43. The molecule has 1 N–H and O–H groups in total. The van der Waals surface area contributed by atoms with Crippen molar-refractivity contribution in [2.45, 2.75) is 25.0 Å². The third kappa shape index (κ3) is 5.17. The monoisotopic (exact) mass is 442 g/mol. The lowest BCUT2D eigenvalue weighted by Crippen LogP contribution is -2.50. The second-order valence-electron chi connectivity index (χ2n) is 8.52. The Labute approximate surface area is 184 Å². The van der Waals surface area contributed by atoms with Crippen molar-refractivity contribution in [3.05, 3.63) is 71.8 Å². The maximum atomic E-state index is 13.6. The lowest BCUT2D eigenvalue weighted by atomic mass is 9.87. The molecule has 6 nitrogen and oxygen atoms in total. The fraction of sp³-hybridized carbons (Fsp3) is 0.458. The first kappa shape index (κ1) is 22.0. The van der Waals surface area contributed by atoms with Gasteiger partial charge < -0.3 is 10.0 Å². The van der Waals surface area contributed by atoms with Crippen LogP contribution < -0.4 is 0 Å². The number of carbonyl (C=O) groups is 1. The van der Waals surface area contributed by atoms with E-state index in [4.69, 9.17) is 0 Å². The SMILES string of the molecule is O=C(C(c1ccccc1)N1CCS(=O)(=O)CC1)N1CCC(C(O)c2ccccc2)CC1. The van der Waals surface area contributed by atoms with Gasteiger partial charge in [-0.15, -0.1) is 0 Å². The zero-order valence-electron chi connectivity index (χ0n) is 17.6. The maximum Gasteiger partial charge on any atom is 0.244 e. The molecular weight excluding hydrogens is 412 g/mol. The number of benzene rings is 2.